The summed E-state index contributed by atoms with van der Waals surface area (Å²) < 4.78 is 28.6. The van der Waals surface area contributed by atoms with Crippen molar-refractivity contribution in [2.45, 2.75) is 76.3 Å². The number of aliphatic hydroxyl groups is 1. The zero-order chi connectivity index (χ0) is 23.6. The molecule has 2 spiro atoms. The molecule has 2 aliphatic carbocycles. The van der Waals surface area contributed by atoms with Crippen molar-refractivity contribution >= 4 is 17.9 Å². The lowest BCUT2D eigenvalue weighted by Crippen LogP contribution is -2.78. The number of carbonyl (C=O) groups is 3. The summed E-state index contributed by atoms with van der Waals surface area (Å²) in [5.41, 5.74) is -5.16. The monoisotopic (exact) mass is 462 g/mol. The fourth-order valence-electron chi connectivity index (χ4n) is 7.19. The molecule has 0 amide bonds. The van der Waals surface area contributed by atoms with Crippen LogP contribution in [0.3, 0.4) is 0 Å². The van der Waals surface area contributed by atoms with Crippen molar-refractivity contribution in [2.24, 2.45) is 16.7 Å². The van der Waals surface area contributed by atoms with E-state index in [2.05, 4.69) is 0 Å². The van der Waals surface area contributed by atoms with Crippen molar-refractivity contribution in [2.75, 3.05) is 13.2 Å². The molecule has 2 aliphatic heterocycles. The number of rotatable bonds is 4. The van der Waals surface area contributed by atoms with Crippen LogP contribution in [-0.4, -0.2) is 53.5 Å². The first-order valence-electron chi connectivity index (χ1n) is 11.5. The zero-order valence-electron chi connectivity index (χ0n) is 19.1. The van der Waals surface area contributed by atoms with Gasteiger partial charge in [-0.05, 0) is 43.7 Å². The van der Waals surface area contributed by atoms with E-state index in [4.69, 9.17) is 23.4 Å². The highest BCUT2D eigenvalue weighted by Crippen LogP contribution is 2.73. The summed E-state index contributed by atoms with van der Waals surface area (Å²) in [6, 6.07) is 3.47. The molecule has 7 atom stereocenters. The molecule has 0 unspecified atom stereocenters. The van der Waals surface area contributed by atoms with Gasteiger partial charge in [0.1, 0.15) is 34.9 Å². The van der Waals surface area contributed by atoms with E-state index in [0.717, 1.165) is 0 Å². The molecule has 1 aromatic rings. The van der Waals surface area contributed by atoms with Crippen molar-refractivity contribution in [1.82, 2.24) is 0 Å². The summed E-state index contributed by atoms with van der Waals surface area (Å²) in [5.74, 6) is -1.40. The second kappa shape index (κ2) is 7.30. The van der Waals surface area contributed by atoms with E-state index in [1.807, 2.05) is 6.92 Å². The van der Waals surface area contributed by atoms with Gasteiger partial charge in [0.25, 0.3) is 0 Å². The second-order valence-corrected chi connectivity index (χ2v) is 10.1. The summed E-state index contributed by atoms with van der Waals surface area (Å²) in [6.45, 7) is 4.59. The Bertz CT molecular complexity index is 967. The molecule has 4 aliphatic rings. The standard InChI is InChI=1S/C24H30O9/c1-14-10-19(32-16(3)26)23(13-30-15(2)25)21(12-31-21)7-5-8-24(23,28)22(14)11-18(33-20(22)27)17-6-4-9-29-17/h4,6,9,14,18-19,28H,5,7-8,10-13H2,1-3H3/t14-,18+,19-,21+,22+,23+,24+/m1/s1. The molecule has 1 N–H and O–H groups in total. The van der Waals surface area contributed by atoms with Gasteiger partial charge in [0.2, 0.25) is 0 Å². The lowest BCUT2D eigenvalue weighted by atomic mass is 9.40. The van der Waals surface area contributed by atoms with Crippen LogP contribution in [0.2, 0.25) is 0 Å². The third-order valence-electron chi connectivity index (χ3n) is 8.65. The molecule has 9 nitrogen and oxygen atoms in total. The van der Waals surface area contributed by atoms with Gasteiger partial charge in [-0.1, -0.05) is 6.92 Å². The fraction of sp³-hybridized carbons (Fsp3) is 0.708. The molecule has 2 saturated carbocycles. The maximum atomic E-state index is 13.7. The summed E-state index contributed by atoms with van der Waals surface area (Å²) in [4.78, 5) is 37.7. The number of hydrogen-bond donors (Lipinski definition) is 1. The van der Waals surface area contributed by atoms with Gasteiger partial charge in [0.05, 0.1) is 18.5 Å². The number of carbonyl (C=O) groups excluding carboxylic acids is 3. The maximum Gasteiger partial charge on any atom is 0.316 e. The topological polar surface area (TPSA) is 125 Å². The summed E-state index contributed by atoms with van der Waals surface area (Å²) in [7, 11) is 0. The molecule has 0 bridgehead atoms. The van der Waals surface area contributed by atoms with Gasteiger partial charge in [0.15, 0.2) is 6.10 Å². The number of cyclic esters (lactones) is 1. The van der Waals surface area contributed by atoms with Gasteiger partial charge in [-0.2, -0.15) is 0 Å². The zero-order valence-corrected chi connectivity index (χ0v) is 19.1. The molecule has 9 heteroatoms. The van der Waals surface area contributed by atoms with Gasteiger partial charge >= 0.3 is 17.9 Å². The molecule has 3 heterocycles. The Labute approximate surface area is 191 Å². The summed E-state index contributed by atoms with van der Waals surface area (Å²) in [6.07, 6.45) is 2.07. The largest absolute Gasteiger partial charge is 0.465 e. The quantitative estimate of drug-likeness (QED) is 0.408. The molecule has 180 valence electrons. The molecule has 0 radical (unpaired) electrons. The fourth-order valence-corrected chi connectivity index (χ4v) is 7.19. The third kappa shape index (κ3) is 2.81. The number of ether oxygens (including phenoxy) is 4. The number of furan rings is 1. The second-order valence-electron chi connectivity index (χ2n) is 10.1. The molecular weight excluding hydrogens is 432 g/mol. The Morgan fingerprint density at radius 2 is 2.00 bits per heavy atom. The predicted octanol–water partition coefficient (Wildman–Crippen LogP) is 2.46. The Morgan fingerprint density at radius 3 is 2.61 bits per heavy atom. The predicted molar refractivity (Wildman–Crippen MR) is 110 cm³/mol. The van der Waals surface area contributed by atoms with E-state index in [1.165, 1.54) is 20.1 Å². The van der Waals surface area contributed by atoms with Crippen LogP contribution < -0.4 is 0 Å². The van der Waals surface area contributed by atoms with Crippen LogP contribution in [0.25, 0.3) is 0 Å². The van der Waals surface area contributed by atoms with Gasteiger partial charge in [0, 0.05) is 20.3 Å². The first-order valence-corrected chi connectivity index (χ1v) is 11.5. The smallest absolute Gasteiger partial charge is 0.316 e. The molecule has 4 fully saturated rings. The normalized spacial score (nSPS) is 43.8. The third-order valence-corrected chi connectivity index (χ3v) is 8.65. The van der Waals surface area contributed by atoms with E-state index in [9.17, 15) is 19.5 Å². The van der Waals surface area contributed by atoms with Crippen LogP contribution in [0.15, 0.2) is 22.8 Å². The van der Waals surface area contributed by atoms with Crippen LogP contribution in [-0.2, 0) is 33.3 Å². The van der Waals surface area contributed by atoms with Gasteiger partial charge in [-0.25, -0.2) is 0 Å². The van der Waals surface area contributed by atoms with E-state index < -0.39 is 52.1 Å². The average Bonchev–Trinajstić information content (AvgIpc) is 3.16. The van der Waals surface area contributed by atoms with Crippen molar-refractivity contribution < 1.29 is 42.9 Å². The van der Waals surface area contributed by atoms with Crippen molar-refractivity contribution in [1.29, 1.82) is 0 Å². The highest BCUT2D eigenvalue weighted by atomic mass is 16.6. The molecule has 5 rings (SSSR count). The van der Waals surface area contributed by atoms with Crippen LogP contribution in [0.5, 0.6) is 0 Å². The highest BCUT2D eigenvalue weighted by Gasteiger charge is 2.85. The molecule has 1 aromatic heterocycles. The number of fused-ring (bicyclic) bond motifs is 3. The van der Waals surface area contributed by atoms with Gasteiger partial charge in [-0.3, -0.25) is 14.4 Å². The minimum atomic E-state index is -1.69. The van der Waals surface area contributed by atoms with E-state index >= 15 is 0 Å². The van der Waals surface area contributed by atoms with Gasteiger partial charge in [-0.15, -0.1) is 0 Å². The number of hydrogen-bond acceptors (Lipinski definition) is 9. The maximum absolute atomic E-state index is 13.7. The van der Waals surface area contributed by atoms with Crippen molar-refractivity contribution in [3.05, 3.63) is 24.2 Å². The lowest BCUT2D eigenvalue weighted by molar-refractivity contribution is -0.301. The van der Waals surface area contributed by atoms with Crippen LogP contribution >= 0.6 is 0 Å². The van der Waals surface area contributed by atoms with Crippen LogP contribution in [0, 0.1) is 16.7 Å². The van der Waals surface area contributed by atoms with E-state index in [0.29, 0.717) is 31.6 Å². The summed E-state index contributed by atoms with van der Waals surface area (Å²) in [5, 5.41) is 12.7. The van der Waals surface area contributed by atoms with E-state index in [1.54, 1.807) is 12.1 Å². The molecule has 0 aromatic carbocycles. The van der Waals surface area contributed by atoms with Crippen LogP contribution in [0.1, 0.15) is 64.7 Å². The minimum Gasteiger partial charge on any atom is -0.465 e. The average molecular weight is 462 g/mol. The highest BCUT2D eigenvalue weighted by molar-refractivity contribution is 5.82. The molecular formula is C24H30O9. The SMILES string of the molecule is CC(=O)OC[C@@]12[C@H](OC(C)=O)C[C@@H](C)[C@]3(C[C@@H](c4ccco4)OC3=O)[C@@]1(O)CCC[C@]21CO1. The Kier molecular flexibility index (Phi) is 4.96. The van der Waals surface area contributed by atoms with Crippen LogP contribution in [0.4, 0.5) is 0 Å². The van der Waals surface area contributed by atoms with Crippen molar-refractivity contribution in [3.63, 3.8) is 0 Å². The van der Waals surface area contributed by atoms with Gasteiger partial charge < -0.3 is 28.5 Å². The Balaban J connectivity index is 1.68. The Morgan fingerprint density at radius 1 is 1.24 bits per heavy atom. The lowest BCUT2D eigenvalue weighted by Gasteiger charge is -2.65. The summed E-state index contributed by atoms with van der Waals surface area (Å²) >= 11 is 0. The molecule has 33 heavy (non-hydrogen) atoms. The number of epoxide rings is 1. The molecule has 2 saturated heterocycles. The van der Waals surface area contributed by atoms with E-state index in [-0.39, 0.29) is 25.4 Å². The number of esters is 3. The van der Waals surface area contributed by atoms with Crippen molar-refractivity contribution in [3.8, 4) is 0 Å². The first kappa shape index (κ1) is 22.4. The first-order chi connectivity index (χ1) is 15.6. The minimum absolute atomic E-state index is 0.210. The Hall–Kier alpha value is -2.39.